The Balaban J connectivity index is 1.93. The predicted molar refractivity (Wildman–Crippen MR) is 94.0 cm³/mol. The van der Waals surface area contributed by atoms with E-state index in [4.69, 9.17) is 4.74 Å². The molecule has 2 N–H and O–H groups in total. The third-order valence-corrected chi connectivity index (χ3v) is 3.73. The van der Waals surface area contributed by atoms with Gasteiger partial charge >= 0.3 is 0 Å². The molecule has 2 rings (SSSR count). The maximum atomic E-state index is 11.6. The summed E-state index contributed by atoms with van der Waals surface area (Å²) in [4.78, 5) is 22.6. The number of nitrogens with one attached hydrogen (secondary N) is 1. The molecular weight excluding hydrogens is 322 g/mol. The second kappa shape index (κ2) is 7.94. The van der Waals surface area contributed by atoms with Crippen LogP contribution in [0.3, 0.4) is 0 Å². The fourth-order valence-corrected chi connectivity index (χ4v) is 2.67. The summed E-state index contributed by atoms with van der Waals surface area (Å²) in [5.41, 5.74) is 2.68. The van der Waals surface area contributed by atoms with E-state index in [0.717, 1.165) is 5.69 Å². The molecule has 0 saturated carbocycles. The summed E-state index contributed by atoms with van der Waals surface area (Å²) in [6, 6.07) is 6.89. The van der Waals surface area contributed by atoms with Crippen LogP contribution in [-0.4, -0.2) is 39.3 Å². The minimum absolute atomic E-state index is 0.0359. The van der Waals surface area contributed by atoms with Crippen molar-refractivity contribution in [1.29, 1.82) is 0 Å². The number of aryl methyl sites for hydroxylation is 1. The first-order valence-corrected chi connectivity index (χ1v) is 8.01. The summed E-state index contributed by atoms with van der Waals surface area (Å²) in [5, 5.41) is 17.1. The molecule has 1 amide bonds. The fourth-order valence-electron chi connectivity index (χ4n) is 2.67. The molecule has 134 valence electrons. The maximum absolute atomic E-state index is 11.6. The van der Waals surface area contributed by atoms with E-state index in [2.05, 4.69) is 10.4 Å². The number of anilines is 1. The van der Waals surface area contributed by atoms with Crippen LogP contribution in [0, 0.1) is 13.8 Å². The standard InChI is InChI=1S/C18H23N3O4/c1-11-18(13(3)22)12(2)21(20-11)9-16(24)10-25-17-7-5-15(6-8-17)19-14(4)23/h5-8,16,24H,9-10H2,1-4H3,(H,19,23). The number of ether oxygens (including phenoxy) is 1. The van der Waals surface area contributed by atoms with E-state index in [1.807, 2.05) is 6.92 Å². The van der Waals surface area contributed by atoms with Crippen LogP contribution in [0.1, 0.15) is 35.6 Å². The van der Waals surface area contributed by atoms with Gasteiger partial charge in [-0.2, -0.15) is 5.10 Å². The van der Waals surface area contributed by atoms with Crippen molar-refractivity contribution < 1.29 is 19.4 Å². The molecule has 0 aliphatic heterocycles. The lowest BCUT2D eigenvalue weighted by Gasteiger charge is -2.14. The largest absolute Gasteiger partial charge is 0.491 e. The predicted octanol–water partition coefficient (Wildman–Crippen LogP) is 2.10. The van der Waals surface area contributed by atoms with E-state index in [9.17, 15) is 14.7 Å². The number of amides is 1. The van der Waals surface area contributed by atoms with Crippen LogP contribution in [0.5, 0.6) is 5.75 Å². The van der Waals surface area contributed by atoms with Crippen molar-refractivity contribution in [3.05, 3.63) is 41.2 Å². The van der Waals surface area contributed by atoms with Gasteiger partial charge in [-0.1, -0.05) is 0 Å². The normalized spacial score (nSPS) is 11.9. The molecule has 2 aromatic rings. The lowest BCUT2D eigenvalue weighted by atomic mass is 10.1. The molecule has 0 spiro atoms. The number of Topliss-reactive ketones (excluding diaryl/α,β-unsaturated/α-hetero) is 1. The minimum atomic E-state index is -0.771. The van der Waals surface area contributed by atoms with E-state index in [1.54, 1.807) is 35.9 Å². The van der Waals surface area contributed by atoms with Crippen molar-refractivity contribution in [2.45, 2.75) is 40.3 Å². The fraction of sp³-hybridized carbons (Fsp3) is 0.389. The van der Waals surface area contributed by atoms with Gasteiger partial charge in [-0.05, 0) is 45.0 Å². The number of hydrogen-bond acceptors (Lipinski definition) is 5. The average Bonchev–Trinajstić information content (AvgIpc) is 2.80. The zero-order valence-corrected chi connectivity index (χ0v) is 14.9. The van der Waals surface area contributed by atoms with Gasteiger partial charge in [-0.25, -0.2) is 0 Å². The molecule has 1 atom stereocenters. The van der Waals surface area contributed by atoms with Crippen molar-refractivity contribution in [2.75, 3.05) is 11.9 Å². The molecule has 0 aliphatic rings. The molecule has 1 heterocycles. The van der Waals surface area contributed by atoms with Gasteiger partial charge in [0.25, 0.3) is 0 Å². The second-order valence-corrected chi connectivity index (χ2v) is 5.95. The van der Waals surface area contributed by atoms with Crippen LogP contribution in [-0.2, 0) is 11.3 Å². The number of ketones is 1. The average molecular weight is 345 g/mol. The van der Waals surface area contributed by atoms with E-state index < -0.39 is 6.10 Å². The van der Waals surface area contributed by atoms with Gasteiger partial charge in [-0.3, -0.25) is 14.3 Å². The SMILES string of the molecule is CC(=O)Nc1ccc(OCC(O)Cn2nc(C)c(C(C)=O)c2C)cc1. The molecule has 0 saturated heterocycles. The molecule has 25 heavy (non-hydrogen) atoms. The van der Waals surface area contributed by atoms with Crippen molar-refractivity contribution in [3.8, 4) is 5.75 Å². The first kappa shape index (κ1) is 18.7. The van der Waals surface area contributed by atoms with Gasteiger partial charge in [0.2, 0.25) is 5.91 Å². The van der Waals surface area contributed by atoms with Gasteiger partial charge in [0, 0.05) is 18.3 Å². The molecule has 1 aromatic carbocycles. The van der Waals surface area contributed by atoms with Gasteiger partial charge in [0.15, 0.2) is 5.78 Å². The summed E-state index contributed by atoms with van der Waals surface area (Å²) in [7, 11) is 0. The lowest BCUT2D eigenvalue weighted by molar-refractivity contribution is -0.114. The number of carbonyl (C=O) groups is 2. The quantitative estimate of drug-likeness (QED) is 0.750. The van der Waals surface area contributed by atoms with Crippen LogP contribution in [0.25, 0.3) is 0 Å². The van der Waals surface area contributed by atoms with E-state index in [-0.39, 0.29) is 24.8 Å². The Kier molecular flexibility index (Phi) is 5.93. The maximum Gasteiger partial charge on any atom is 0.221 e. The van der Waals surface area contributed by atoms with Crippen LogP contribution in [0.4, 0.5) is 5.69 Å². The van der Waals surface area contributed by atoms with Crippen molar-refractivity contribution in [2.24, 2.45) is 0 Å². The minimum Gasteiger partial charge on any atom is -0.491 e. The number of benzene rings is 1. The zero-order chi connectivity index (χ0) is 18.6. The van der Waals surface area contributed by atoms with Gasteiger partial charge < -0.3 is 15.2 Å². The number of hydrogen-bond donors (Lipinski definition) is 2. The summed E-state index contributed by atoms with van der Waals surface area (Å²) in [6.07, 6.45) is -0.771. The number of carbonyl (C=O) groups excluding carboxylic acids is 2. The number of nitrogens with zero attached hydrogens (tertiary/aromatic N) is 2. The number of aromatic nitrogens is 2. The Morgan fingerprint density at radius 3 is 2.40 bits per heavy atom. The molecule has 1 unspecified atom stereocenters. The third kappa shape index (κ3) is 4.90. The number of rotatable bonds is 7. The highest BCUT2D eigenvalue weighted by atomic mass is 16.5. The molecule has 1 aromatic heterocycles. The zero-order valence-electron chi connectivity index (χ0n) is 14.9. The van der Waals surface area contributed by atoms with Crippen molar-refractivity contribution in [3.63, 3.8) is 0 Å². The number of aliphatic hydroxyl groups is 1. The van der Waals surface area contributed by atoms with Gasteiger partial charge in [-0.15, -0.1) is 0 Å². The van der Waals surface area contributed by atoms with Crippen molar-refractivity contribution in [1.82, 2.24) is 9.78 Å². The Morgan fingerprint density at radius 2 is 1.88 bits per heavy atom. The summed E-state index contributed by atoms with van der Waals surface area (Å²) in [5.74, 6) is 0.413. The Bertz CT molecular complexity index is 765. The summed E-state index contributed by atoms with van der Waals surface area (Å²) in [6.45, 7) is 6.87. The molecule has 7 heteroatoms. The Morgan fingerprint density at radius 1 is 1.24 bits per heavy atom. The first-order chi connectivity index (χ1) is 11.8. The first-order valence-electron chi connectivity index (χ1n) is 8.01. The van der Waals surface area contributed by atoms with Crippen molar-refractivity contribution >= 4 is 17.4 Å². The molecule has 0 bridgehead atoms. The highest BCUT2D eigenvalue weighted by Gasteiger charge is 2.17. The summed E-state index contributed by atoms with van der Waals surface area (Å²) >= 11 is 0. The summed E-state index contributed by atoms with van der Waals surface area (Å²) < 4.78 is 7.18. The topological polar surface area (TPSA) is 93.4 Å². The molecule has 0 aliphatic carbocycles. The van der Waals surface area contributed by atoms with E-state index >= 15 is 0 Å². The molecule has 7 nitrogen and oxygen atoms in total. The number of aliphatic hydroxyl groups excluding tert-OH is 1. The molecular formula is C18H23N3O4. The highest BCUT2D eigenvalue weighted by Crippen LogP contribution is 2.17. The van der Waals surface area contributed by atoms with Crippen LogP contribution >= 0.6 is 0 Å². The third-order valence-electron chi connectivity index (χ3n) is 3.73. The second-order valence-electron chi connectivity index (χ2n) is 5.95. The highest BCUT2D eigenvalue weighted by molar-refractivity contribution is 5.96. The van der Waals surface area contributed by atoms with E-state index in [0.29, 0.717) is 22.7 Å². The lowest BCUT2D eigenvalue weighted by Crippen LogP contribution is -2.25. The van der Waals surface area contributed by atoms with Crippen LogP contribution in [0.15, 0.2) is 24.3 Å². The molecule has 0 fully saturated rings. The Hall–Kier alpha value is -2.67. The molecule has 0 radical (unpaired) electrons. The van der Waals surface area contributed by atoms with E-state index in [1.165, 1.54) is 13.8 Å². The Labute approximate surface area is 146 Å². The monoisotopic (exact) mass is 345 g/mol. The smallest absolute Gasteiger partial charge is 0.221 e. The van der Waals surface area contributed by atoms with Gasteiger partial charge in [0.1, 0.15) is 18.5 Å². The van der Waals surface area contributed by atoms with Crippen LogP contribution < -0.4 is 10.1 Å². The van der Waals surface area contributed by atoms with Crippen LogP contribution in [0.2, 0.25) is 0 Å². The van der Waals surface area contributed by atoms with Gasteiger partial charge in [0.05, 0.1) is 17.8 Å².